The van der Waals surface area contributed by atoms with Crippen molar-refractivity contribution in [3.8, 4) is 5.75 Å². The number of aromatic carboxylic acids is 1. The highest BCUT2D eigenvalue weighted by atomic mass is 16.4. The van der Waals surface area contributed by atoms with E-state index in [0.29, 0.717) is 0 Å². The Bertz CT molecular complexity index is 357. The van der Waals surface area contributed by atoms with E-state index in [1.807, 2.05) is 0 Å². The number of nitrogens with zero attached hydrogens (tertiary/aromatic N) is 2. The van der Waals surface area contributed by atoms with E-state index in [2.05, 4.69) is 5.10 Å². The Morgan fingerprint density at radius 1 is 1.62 bits per heavy atom. The van der Waals surface area contributed by atoms with Crippen molar-refractivity contribution in [3.63, 3.8) is 0 Å². The van der Waals surface area contributed by atoms with Crippen LogP contribution in [0.1, 0.15) is 10.5 Å². The minimum Gasteiger partial charge on any atom is -0.504 e. The minimum absolute atomic E-state index is 0.263. The number of carboxylic acids is 1. The molecule has 0 aliphatic carbocycles. The molecule has 0 spiro atoms. The molecule has 7 nitrogen and oxygen atoms in total. The molecule has 0 unspecified atom stereocenters. The number of carbonyl (C=O) groups excluding carboxylic acids is 1. The second-order valence-corrected chi connectivity index (χ2v) is 2.33. The molecule has 0 bridgehead atoms. The Morgan fingerprint density at radius 3 is 2.62 bits per heavy atom. The highest BCUT2D eigenvalue weighted by Gasteiger charge is 2.15. The Kier molecular flexibility index (Phi) is 2.18. The van der Waals surface area contributed by atoms with Gasteiger partial charge >= 0.3 is 5.97 Å². The van der Waals surface area contributed by atoms with Gasteiger partial charge in [0, 0.05) is 0 Å². The molecule has 7 heteroatoms. The van der Waals surface area contributed by atoms with E-state index in [1.54, 1.807) is 0 Å². The molecule has 4 N–H and O–H groups in total. The Hall–Kier alpha value is -2.05. The zero-order chi connectivity index (χ0) is 10.0. The first-order chi connectivity index (χ1) is 6.00. The average molecular weight is 185 g/mol. The number of primary amides is 1. The van der Waals surface area contributed by atoms with Crippen molar-refractivity contribution in [1.29, 1.82) is 0 Å². The van der Waals surface area contributed by atoms with Crippen molar-refractivity contribution in [1.82, 2.24) is 9.78 Å². The Balaban J connectivity index is 2.95. The van der Waals surface area contributed by atoms with Gasteiger partial charge in [0.25, 0.3) is 0 Å². The van der Waals surface area contributed by atoms with Crippen LogP contribution in [0.25, 0.3) is 0 Å². The summed E-state index contributed by atoms with van der Waals surface area (Å²) in [6.45, 7) is -0.263. The van der Waals surface area contributed by atoms with E-state index in [4.69, 9.17) is 15.9 Å². The molecule has 0 aromatic carbocycles. The van der Waals surface area contributed by atoms with Crippen LogP contribution in [0.5, 0.6) is 5.75 Å². The third kappa shape index (κ3) is 1.95. The number of aromatic nitrogens is 2. The molecule has 0 saturated carbocycles. The van der Waals surface area contributed by atoms with Crippen LogP contribution in [0.2, 0.25) is 0 Å². The van der Waals surface area contributed by atoms with Gasteiger partial charge in [0.2, 0.25) is 11.6 Å². The maximum absolute atomic E-state index is 10.4. The van der Waals surface area contributed by atoms with E-state index in [9.17, 15) is 9.59 Å². The topological polar surface area (TPSA) is 118 Å². The van der Waals surface area contributed by atoms with Gasteiger partial charge in [-0.25, -0.2) is 4.79 Å². The highest BCUT2D eigenvalue weighted by Crippen LogP contribution is 2.13. The van der Waals surface area contributed by atoms with Crippen LogP contribution in [-0.4, -0.2) is 31.9 Å². The summed E-state index contributed by atoms with van der Waals surface area (Å²) in [4.78, 5) is 20.8. The molecule has 0 fully saturated rings. The SMILES string of the molecule is NC(=O)Cn1cc(O)c(C(=O)O)n1. The fraction of sp³-hybridized carbons (Fsp3) is 0.167. The largest absolute Gasteiger partial charge is 0.504 e. The molecule has 0 aliphatic heterocycles. The summed E-state index contributed by atoms with van der Waals surface area (Å²) in [6, 6.07) is 0. The summed E-state index contributed by atoms with van der Waals surface area (Å²) < 4.78 is 0.959. The molecule has 1 aromatic rings. The van der Waals surface area contributed by atoms with Gasteiger partial charge in [0.05, 0.1) is 6.20 Å². The Morgan fingerprint density at radius 2 is 2.23 bits per heavy atom. The maximum atomic E-state index is 10.4. The minimum atomic E-state index is -1.36. The monoisotopic (exact) mass is 185 g/mol. The van der Waals surface area contributed by atoms with Crippen molar-refractivity contribution in [2.24, 2.45) is 5.73 Å². The summed E-state index contributed by atoms with van der Waals surface area (Å²) >= 11 is 0. The van der Waals surface area contributed by atoms with Gasteiger partial charge in [-0.05, 0) is 0 Å². The molecule has 1 amide bonds. The quantitative estimate of drug-likeness (QED) is 0.544. The molecule has 1 heterocycles. The van der Waals surface area contributed by atoms with Gasteiger partial charge in [0.1, 0.15) is 6.54 Å². The van der Waals surface area contributed by atoms with Gasteiger partial charge < -0.3 is 15.9 Å². The third-order valence-corrected chi connectivity index (χ3v) is 1.26. The standard InChI is InChI=1S/C6H7N3O4/c7-4(11)2-9-1-3(10)5(8-9)6(12)13/h1,10H,2H2,(H2,7,11)(H,12,13). The first-order valence-corrected chi connectivity index (χ1v) is 3.28. The molecular formula is C6H7N3O4. The van der Waals surface area contributed by atoms with Crippen molar-refractivity contribution in [3.05, 3.63) is 11.9 Å². The molecule has 13 heavy (non-hydrogen) atoms. The van der Waals surface area contributed by atoms with E-state index < -0.39 is 23.3 Å². The van der Waals surface area contributed by atoms with Crippen LogP contribution in [-0.2, 0) is 11.3 Å². The molecule has 0 saturated heterocycles. The number of nitrogens with two attached hydrogens (primary N) is 1. The van der Waals surface area contributed by atoms with Crippen molar-refractivity contribution in [2.45, 2.75) is 6.54 Å². The first kappa shape index (κ1) is 9.04. The fourth-order valence-corrected chi connectivity index (χ4v) is 0.804. The summed E-state index contributed by atoms with van der Waals surface area (Å²) in [5.41, 5.74) is 4.33. The predicted molar refractivity (Wildman–Crippen MR) is 40.0 cm³/mol. The highest BCUT2D eigenvalue weighted by molar-refractivity contribution is 5.88. The van der Waals surface area contributed by atoms with Crippen molar-refractivity contribution >= 4 is 11.9 Å². The van der Waals surface area contributed by atoms with Crippen molar-refractivity contribution < 1.29 is 19.8 Å². The zero-order valence-corrected chi connectivity index (χ0v) is 6.47. The summed E-state index contributed by atoms with van der Waals surface area (Å²) in [7, 11) is 0. The lowest BCUT2D eigenvalue weighted by Gasteiger charge is -1.93. The molecule has 1 aromatic heterocycles. The summed E-state index contributed by atoms with van der Waals surface area (Å²) in [6.07, 6.45) is 1.02. The number of carboxylic acid groups (broad SMARTS) is 1. The molecule has 0 radical (unpaired) electrons. The summed E-state index contributed by atoms with van der Waals surface area (Å²) in [5, 5.41) is 20.9. The smallest absolute Gasteiger partial charge is 0.360 e. The Labute approximate surface area is 72.4 Å². The lowest BCUT2D eigenvalue weighted by molar-refractivity contribution is -0.118. The van der Waals surface area contributed by atoms with Gasteiger partial charge in [-0.1, -0.05) is 0 Å². The number of hydrogen-bond donors (Lipinski definition) is 3. The molecule has 1 rings (SSSR count). The lowest BCUT2D eigenvalue weighted by atomic mass is 10.4. The van der Waals surface area contributed by atoms with Gasteiger partial charge in [-0.15, -0.1) is 0 Å². The molecular weight excluding hydrogens is 178 g/mol. The van der Waals surface area contributed by atoms with Gasteiger partial charge in [-0.2, -0.15) is 5.10 Å². The van der Waals surface area contributed by atoms with Crippen LogP contribution in [0.4, 0.5) is 0 Å². The van der Waals surface area contributed by atoms with Crippen molar-refractivity contribution in [2.75, 3.05) is 0 Å². The fourth-order valence-electron chi connectivity index (χ4n) is 0.804. The van der Waals surface area contributed by atoms with Crippen LogP contribution in [0, 0.1) is 0 Å². The number of aromatic hydroxyl groups is 1. The number of rotatable bonds is 3. The molecule has 0 aliphatic rings. The van der Waals surface area contributed by atoms with Crippen LogP contribution in [0.15, 0.2) is 6.20 Å². The lowest BCUT2D eigenvalue weighted by Crippen LogP contribution is -2.19. The molecule has 70 valence electrons. The normalized spacial score (nSPS) is 9.85. The van der Waals surface area contributed by atoms with E-state index in [-0.39, 0.29) is 6.54 Å². The van der Waals surface area contributed by atoms with Crippen LogP contribution in [0.3, 0.4) is 0 Å². The molecule has 0 atom stereocenters. The number of carbonyl (C=O) groups is 2. The zero-order valence-electron chi connectivity index (χ0n) is 6.47. The number of amides is 1. The summed E-state index contributed by atoms with van der Waals surface area (Å²) in [5.74, 6) is -2.52. The van der Waals surface area contributed by atoms with E-state index in [1.165, 1.54) is 0 Å². The maximum Gasteiger partial charge on any atom is 0.360 e. The number of hydrogen-bond acceptors (Lipinski definition) is 4. The van der Waals surface area contributed by atoms with E-state index in [0.717, 1.165) is 10.9 Å². The van der Waals surface area contributed by atoms with Gasteiger partial charge in [0.15, 0.2) is 5.75 Å². The predicted octanol–water partition coefficient (Wildman–Crippen LogP) is -1.23. The van der Waals surface area contributed by atoms with E-state index >= 15 is 0 Å². The first-order valence-electron chi connectivity index (χ1n) is 3.28. The third-order valence-electron chi connectivity index (χ3n) is 1.26. The average Bonchev–Trinajstić information content (AvgIpc) is 2.29. The van der Waals surface area contributed by atoms with Crippen LogP contribution >= 0.6 is 0 Å². The van der Waals surface area contributed by atoms with Gasteiger partial charge in [-0.3, -0.25) is 9.48 Å². The second kappa shape index (κ2) is 3.13. The van der Waals surface area contributed by atoms with Crippen LogP contribution < -0.4 is 5.73 Å². The second-order valence-electron chi connectivity index (χ2n) is 2.33.